The first-order chi connectivity index (χ1) is 9.15. The SMILES string of the molecule is COCCCOCCOc1ccc([C@H](C)O)c(F)c1. The third-order valence-corrected chi connectivity index (χ3v) is 2.56. The van der Waals surface area contributed by atoms with Crippen molar-refractivity contribution in [2.24, 2.45) is 0 Å². The Morgan fingerprint density at radius 3 is 2.63 bits per heavy atom. The fourth-order valence-electron chi connectivity index (χ4n) is 1.56. The molecule has 0 amide bonds. The second-order valence-electron chi connectivity index (χ2n) is 4.17. The number of aliphatic hydroxyl groups excluding tert-OH is 1. The molecule has 0 aromatic heterocycles. The topological polar surface area (TPSA) is 47.9 Å². The van der Waals surface area contributed by atoms with Crippen molar-refractivity contribution in [1.29, 1.82) is 0 Å². The van der Waals surface area contributed by atoms with E-state index >= 15 is 0 Å². The van der Waals surface area contributed by atoms with Crippen molar-refractivity contribution in [3.8, 4) is 5.75 Å². The Balaban J connectivity index is 2.25. The van der Waals surface area contributed by atoms with E-state index in [0.29, 0.717) is 32.2 Å². The Bertz CT molecular complexity index is 368. The normalized spacial score (nSPS) is 12.4. The molecule has 0 saturated heterocycles. The van der Waals surface area contributed by atoms with Gasteiger partial charge in [0.25, 0.3) is 0 Å². The van der Waals surface area contributed by atoms with Gasteiger partial charge in [0.15, 0.2) is 0 Å². The Hall–Kier alpha value is -1.17. The van der Waals surface area contributed by atoms with E-state index in [9.17, 15) is 9.50 Å². The van der Waals surface area contributed by atoms with Gasteiger partial charge in [0.2, 0.25) is 0 Å². The van der Waals surface area contributed by atoms with Gasteiger partial charge < -0.3 is 19.3 Å². The van der Waals surface area contributed by atoms with Crippen LogP contribution in [-0.4, -0.2) is 38.6 Å². The fraction of sp³-hybridized carbons (Fsp3) is 0.571. The van der Waals surface area contributed by atoms with Gasteiger partial charge in [0.1, 0.15) is 18.2 Å². The van der Waals surface area contributed by atoms with Gasteiger partial charge in [-0.2, -0.15) is 0 Å². The Kier molecular flexibility index (Phi) is 7.40. The molecular weight excluding hydrogens is 251 g/mol. The molecule has 1 aromatic rings. The maximum absolute atomic E-state index is 13.5. The quantitative estimate of drug-likeness (QED) is 0.701. The van der Waals surface area contributed by atoms with Gasteiger partial charge in [-0.15, -0.1) is 0 Å². The number of ether oxygens (including phenoxy) is 3. The van der Waals surface area contributed by atoms with Crippen LogP contribution in [0.25, 0.3) is 0 Å². The third kappa shape index (κ3) is 6.00. The van der Waals surface area contributed by atoms with Crippen molar-refractivity contribution in [3.05, 3.63) is 29.6 Å². The summed E-state index contributed by atoms with van der Waals surface area (Å²) in [7, 11) is 1.65. The van der Waals surface area contributed by atoms with Crippen LogP contribution in [0, 0.1) is 5.82 Å². The summed E-state index contributed by atoms with van der Waals surface area (Å²) in [5.41, 5.74) is 0.267. The van der Waals surface area contributed by atoms with Crippen LogP contribution in [0.1, 0.15) is 25.0 Å². The fourth-order valence-corrected chi connectivity index (χ4v) is 1.56. The molecule has 0 spiro atoms. The first-order valence-electron chi connectivity index (χ1n) is 6.32. The van der Waals surface area contributed by atoms with Crippen molar-refractivity contribution >= 4 is 0 Å². The first-order valence-corrected chi connectivity index (χ1v) is 6.32. The summed E-state index contributed by atoms with van der Waals surface area (Å²) < 4.78 is 29.1. The Morgan fingerprint density at radius 2 is 2.00 bits per heavy atom. The number of hydrogen-bond acceptors (Lipinski definition) is 4. The molecule has 4 nitrogen and oxygen atoms in total. The number of methoxy groups -OCH3 is 1. The van der Waals surface area contributed by atoms with Crippen LogP contribution in [0.4, 0.5) is 4.39 Å². The molecule has 1 aromatic carbocycles. The standard InChI is InChI=1S/C14H21FO4/c1-11(16)13-5-4-12(10-14(13)15)19-9-8-18-7-3-6-17-2/h4-5,10-11,16H,3,6-9H2,1-2H3/t11-/m0/s1. The van der Waals surface area contributed by atoms with E-state index in [-0.39, 0.29) is 5.56 Å². The van der Waals surface area contributed by atoms with Crippen molar-refractivity contribution in [3.63, 3.8) is 0 Å². The van der Waals surface area contributed by atoms with Crippen LogP contribution in [0.15, 0.2) is 18.2 Å². The van der Waals surface area contributed by atoms with Crippen LogP contribution in [0.2, 0.25) is 0 Å². The Labute approximate surface area is 113 Å². The van der Waals surface area contributed by atoms with E-state index in [1.165, 1.54) is 19.1 Å². The van der Waals surface area contributed by atoms with Gasteiger partial charge in [-0.25, -0.2) is 4.39 Å². The molecule has 1 atom stereocenters. The minimum atomic E-state index is -0.821. The summed E-state index contributed by atoms with van der Waals surface area (Å²) in [4.78, 5) is 0. The van der Waals surface area contributed by atoms with Gasteiger partial charge in [-0.05, 0) is 25.5 Å². The maximum atomic E-state index is 13.5. The highest BCUT2D eigenvalue weighted by Gasteiger charge is 2.08. The monoisotopic (exact) mass is 272 g/mol. The molecule has 0 radical (unpaired) electrons. The second kappa shape index (κ2) is 8.85. The van der Waals surface area contributed by atoms with Gasteiger partial charge in [0, 0.05) is 32.0 Å². The average molecular weight is 272 g/mol. The maximum Gasteiger partial charge on any atom is 0.132 e. The summed E-state index contributed by atoms with van der Waals surface area (Å²) >= 11 is 0. The van der Waals surface area contributed by atoms with E-state index in [1.54, 1.807) is 13.2 Å². The number of hydrogen-bond donors (Lipinski definition) is 1. The zero-order valence-electron chi connectivity index (χ0n) is 11.4. The Morgan fingerprint density at radius 1 is 1.21 bits per heavy atom. The molecule has 108 valence electrons. The van der Waals surface area contributed by atoms with E-state index < -0.39 is 11.9 Å². The number of benzene rings is 1. The molecule has 0 heterocycles. The van der Waals surface area contributed by atoms with Gasteiger partial charge >= 0.3 is 0 Å². The van der Waals surface area contributed by atoms with E-state index in [4.69, 9.17) is 14.2 Å². The molecule has 5 heteroatoms. The van der Waals surface area contributed by atoms with Crippen LogP contribution in [0.5, 0.6) is 5.75 Å². The number of aliphatic hydroxyl groups is 1. The minimum absolute atomic E-state index is 0.267. The predicted octanol–water partition coefficient (Wildman–Crippen LogP) is 2.31. The summed E-state index contributed by atoms with van der Waals surface area (Å²) in [5.74, 6) is -0.0316. The lowest BCUT2D eigenvalue weighted by atomic mass is 10.1. The highest BCUT2D eigenvalue weighted by molar-refractivity contribution is 5.29. The lowest BCUT2D eigenvalue weighted by molar-refractivity contribution is 0.0805. The molecule has 0 aliphatic carbocycles. The van der Waals surface area contributed by atoms with Crippen LogP contribution in [0.3, 0.4) is 0 Å². The largest absolute Gasteiger partial charge is 0.491 e. The highest BCUT2D eigenvalue weighted by atomic mass is 19.1. The van der Waals surface area contributed by atoms with E-state index in [2.05, 4.69) is 0 Å². The van der Waals surface area contributed by atoms with E-state index in [0.717, 1.165) is 6.42 Å². The molecule has 19 heavy (non-hydrogen) atoms. The predicted molar refractivity (Wildman–Crippen MR) is 69.8 cm³/mol. The third-order valence-electron chi connectivity index (χ3n) is 2.56. The zero-order chi connectivity index (χ0) is 14.1. The summed E-state index contributed by atoms with van der Waals surface area (Å²) in [6.45, 7) is 3.62. The summed E-state index contributed by atoms with van der Waals surface area (Å²) in [6, 6.07) is 4.43. The molecular formula is C14H21FO4. The smallest absolute Gasteiger partial charge is 0.132 e. The molecule has 1 rings (SSSR count). The zero-order valence-corrected chi connectivity index (χ0v) is 11.4. The van der Waals surface area contributed by atoms with Crippen molar-refractivity contribution in [1.82, 2.24) is 0 Å². The summed E-state index contributed by atoms with van der Waals surface area (Å²) in [5, 5.41) is 9.30. The highest BCUT2D eigenvalue weighted by Crippen LogP contribution is 2.21. The van der Waals surface area contributed by atoms with Crippen LogP contribution >= 0.6 is 0 Å². The minimum Gasteiger partial charge on any atom is -0.491 e. The number of rotatable bonds is 9. The van der Waals surface area contributed by atoms with Crippen molar-refractivity contribution < 1.29 is 23.7 Å². The lowest BCUT2D eigenvalue weighted by Gasteiger charge is -2.10. The lowest BCUT2D eigenvalue weighted by Crippen LogP contribution is -2.09. The van der Waals surface area contributed by atoms with Crippen LogP contribution in [-0.2, 0) is 9.47 Å². The number of halogens is 1. The summed E-state index contributed by atoms with van der Waals surface area (Å²) in [6.07, 6.45) is 0.0203. The first kappa shape index (κ1) is 15.9. The van der Waals surface area contributed by atoms with E-state index in [1.807, 2.05) is 0 Å². The van der Waals surface area contributed by atoms with Gasteiger partial charge in [0.05, 0.1) is 12.7 Å². The van der Waals surface area contributed by atoms with Crippen molar-refractivity contribution in [2.75, 3.05) is 33.5 Å². The second-order valence-corrected chi connectivity index (χ2v) is 4.17. The molecule has 0 aliphatic rings. The van der Waals surface area contributed by atoms with Gasteiger partial charge in [-0.1, -0.05) is 0 Å². The molecule has 0 fully saturated rings. The van der Waals surface area contributed by atoms with Crippen LogP contribution < -0.4 is 4.74 Å². The molecule has 0 saturated carbocycles. The molecule has 0 bridgehead atoms. The average Bonchev–Trinajstić information content (AvgIpc) is 2.37. The molecule has 1 N–H and O–H groups in total. The van der Waals surface area contributed by atoms with Crippen molar-refractivity contribution in [2.45, 2.75) is 19.4 Å². The molecule has 0 aliphatic heterocycles. The molecule has 0 unspecified atom stereocenters. The van der Waals surface area contributed by atoms with Gasteiger partial charge in [-0.3, -0.25) is 0 Å².